The van der Waals surface area contributed by atoms with Crippen molar-refractivity contribution in [3.05, 3.63) is 132 Å². The molecule has 7 heteroatoms. The summed E-state index contributed by atoms with van der Waals surface area (Å²) >= 11 is 0. The molecule has 4 aromatic rings. The number of benzene rings is 4. The van der Waals surface area contributed by atoms with Crippen molar-refractivity contribution in [1.29, 1.82) is 0 Å². The van der Waals surface area contributed by atoms with E-state index in [0.29, 0.717) is 17.0 Å². The molecular formula is C34H33FN2O4. The summed E-state index contributed by atoms with van der Waals surface area (Å²) in [6, 6.07) is 36.1. The second-order valence-electron chi connectivity index (χ2n) is 10.3. The van der Waals surface area contributed by atoms with E-state index in [-0.39, 0.29) is 12.1 Å². The summed E-state index contributed by atoms with van der Waals surface area (Å²) in [5, 5.41) is 11.9. The number of halogens is 1. The zero-order valence-corrected chi connectivity index (χ0v) is 22.7. The Morgan fingerprint density at radius 3 is 1.85 bits per heavy atom. The SMILES string of the molecule is O=C(O)C(F)(Cc1ccccc1)C(=O)Nc1ccc(OC2CCN(C(c3ccccc3)c3ccccc3)CC2)cc1. The molecule has 1 amide bonds. The number of carboxylic acid groups (broad SMARTS) is 1. The third kappa shape index (κ3) is 6.81. The minimum absolute atomic E-state index is 0.0373. The maximum atomic E-state index is 15.3. The Morgan fingerprint density at radius 2 is 1.34 bits per heavy atom. The van der Waals surface area contributed by atoms with Gasteiger partial charge in [-0.05, 0) is 53.8 Å². The highest BCUT2D eigenvalue weighted by Gasteiger charge is 2.47. The van der Waals surface area contributed by atoms with E-state index in [1.807, 2.05) is 12.1 Å². The second kappa shape index (κ2) is 12.8. The van der Waals surface area contributed by atoms with Crippen LogP contribution in [0.5, 0.6) is 5.75 Å². The lowest BCUT2D eigenvalue weighted by Gasteiger charge is -2.38. The summed E-state index contributed by atoms with van der Waals surface area (Å²) in [5.74, 6) is -2.41. The van der Waals surface area contributed by atoms with Crippen LogP contribution in [0.1, 0.15) is 35.6 Å². The van der Waals surface area contributed by atoms with Crippen molar-refractivity contribution in [2.24, 2.45) is 0 Å². The number of rotatable bonds is 10. The number of piperidine rings is 1. The third-order valence-electron chi connectivity index (χ3n) is 7.48. The van der Waals surface area contributed by atoms with Crippen LogP contribution in [0.4, 0.5) is 10.1 Å². The molecule has 1 saturated heterocycles. The zero-order chi connectivity index (χ0) is 28.7. The predicted octanol–water partition coefficient (Wildman–Crippen LogP) is 6.29. The van der Waals surface area contributed by atoms with Gasteiger partial charge in [0.25, 0.3) is 11.6 Å². The lowest BCUT2D eigenvalue weighted by atomic mass is 9.94. The minimum Gasteiger partial charge on any atom is -0.490 e. The largest absolute Gasteiger partial charge is 0.490 e. The Bertz CT molecular complexity index is 1390. The van der Waals surface area contributed by atoms with Crippen LogP contribution in [-0.4, -0.2) is 46.7 Å². The van der Waals surface area contributed by atoms with Gasteiger partial charge in [-0.2, -0.15) is 0 Å². The Kier molecular flexibility index (Phi) is 8.75. The number of anilines is 1. The van der Waals surface area contributed by atoms with E-state index >= 15 is 4.39 Å². The molecule has 0 spiro atoms. The Labute approximate surface area is 239 Å². The number of aliphatic carboxylic acids is 1. The molecule has 0 aliphatic carbocycles. The van der Waals surface area contributed by atoms with E-state index in [1.165, 1.54) is 11.1 Å². The first-order chi connectivity index (χ1) is 19.9. The van der Waals surface area contributed by atoms with Gasteiger partial charge in [-0.3, -0.25) is 9.69 Å². The minimum atomic E-state index is -3.10. The van der Waals surface area contributed by atoms with Crippen molar-refractivity contribution in [3.63, 3.8) is 0 Å². The number of carbonyl (C=O) groups is 2. The van der Waals surface area contributed by atoms with E-state index in [9.17, 15) is 14.7 Å². The fraction of sp³-hybridized carbons (Fsp3) is 0.235. The van der Waals surface area contributed by atoms with Gasteiger partial charge in [0.15, 0.2) is 0 Å². The molecule has 0 saturated carbocycles. The van der Waals surface area contributed by atoms with Crippen LogP contribution >= 0.6 is 0 Å². The van der Waals surface area contributed by atoms with Crippen LogP contribution < -0.4 is 10.1 Å². The van der Waals surface area contributed by atoms with Crippen molar-refractivity contribution in [3.8, 4) is 5.75 Å². The van der Waals surface area contributed by atoms with E-state index in [1.54, 1.807) is 54.6 Å². The van der Waals surface area contributed by atoms with Crippen LogP contribution in [0, 0.1) is 0 Å². The van der Waals surface area contributed by atoms with E-state index in [0.717, 1.165) is 25.9 Å². The molecule has 1 fully saturated rings. The van der Waals surface area contributed by atoms with Crippen LogP contribution in [0.2, 0.25) is 0 Å². The second-order valence-corrected chi connectivity index (χ2v) is 10.3. The van der Waals surface area contributed by atoms with Crippen LogP contribution in [0.3, 0.4) is 0 Å². The summed E-state index contributed by atoms with van der Waals surface area (Å²) in [6.07, 6.45) is 1.19. The Hall–Kier alpha value is -4.49. The summed E-state index contributed by atoms with van der Waals surface area (Å²) in [4.78, 5) is 26.9. The highest BCUT2D eigenvalue weighted by Crippen LogP contribution is 2.32. The molecule has 210 valence electrons. The van der Waals surface area contributed by atoms with Gasteiger partial charge < -0.3 is 15.2 Å². The monoisotopic (exact) mass is 552 g/mol. The first-order valence-electron chi connectivity index (χ1n) is 13.8. The molecule has 0 bridgehead atoms. The van der Waals surface area contributed by atoms with Crippen molar-refractivity contribution >= 4 is 17.6 Å². The molecule has 1 atom stereocenters. The standard InChI is InChI=1S/C34H33FN2O4/c35-34(33(39)40,24-25-10-4-1-5-11-25)32(38)36-28-16-18-29(19-17-28)41-30-20-22-37(23-21-30)31(26-12-6-2-7-13-26)27-14-8-3-9-15-27/h1-19,30-31H,20-24H2,(H,36,38)(H,39,40). The van der Waals surface area contributed by atoms with Crippen molar-refractivity contribution in [1.82, 2.24) is 4.90 Å². The molecule has 1 unspecified atom stereocenters. The number of nitrogens with one attached hydrogen (secondary N) is 1. The van der Waals surface area contributed by atoms with E-state index in [2.05, 4.69) is 58.7 Å². The average molecular weight is 553 g/mol. The van der Waals surface area contributed by atoms with Gasteiger partial charge in [0.1, 0.15) is 11.9 Å². The fourth-order valence-corrected chi connectivity index (χ4v) is 5.31. The number of likely N-dealkylation sites (tertiary alicyclic amines) is 1. The van der Waals surface area contributed by atoms with Crippen molar-refractivity contribution < 1.29 is 23.8 Å². The number of alkyl halides is 1. The molecule has 6 nitrogen and oxygen atoms in total. The third-order valence-corrected chi connectivity index (χ3v) is 7.48. The van der Waals surface area contributed by atoms with Crippen LogP contribution in [0.25, 0.3) is 0 Å². The topological polar surface area (TPSA) is 78.9 Å². The lowest BCUT2D eigenvalue weighted by Crippen LogP contribution is -2.47. The number of carboxylic acids is 1. The lowest BCUT2D eigenvalue weighted by molar-refractivity contribution is -0.156. The number of hydrogen-bond acceptors (Lipinski definition) is 4. The predicted molar refractivity (Wildman–Crippen MR) is 157 cm³/mol. The molecule has 0 aromatic heterocycles. The number of hydrogen-bond donors (Lipinski definition) is 2. The molecule has 2 N–H and O–H groups in total. The van der Waals surface area contributed by atoms with E-state index < -0.39 is 24.0 Å². The van der Waals surface area contributed by atoms with Crippen molar-refractivity contribution in [2.75, 3.05) is 18.4 Å². The van der Waals surface area contributed by atoms with Crippen LogP contribution in [-0.2, 0) is 16.0 Å². The first kappa shape index (κ1) is 28.1. The Balaban J connectivity index is 1.18. The highest BCUT2D eigenvalue weighted by molar-refractivity contribution is 6.11. The maximum absolute atomic E-state index is 15.3. The number of nitrogens with zero attached hydrogens (tertiary/aromatic N) is 1. The smallest absolute Gasteiger partial charge is 0.351 e. The van der Waals surface area contributed by atoms with Gasteiger partial charge >= 0.3 is 5.97 Å². The van der Waals surface area contributed by atoms with Gasteiger partial charge in [0, 0.05) is 25.2 Å². The fourth-order valence-electron chi connectivity index (χ4n) is 5.31. The first-order valence-corrected chi connectivity index (χ1v) is 13.8. The summed E-state index contributed by atoms with van der Waals surface area (Å²) in [5.41, 5.74) is 0.143. The van der Waals surface area contributed by atoms with Crippen molar-refractivity contribution in [2.45, 2.75) is 37.1 Å². The van der Waals surface area contributed by atoms with Gasteiger partial charge in [-0.1, -0.05) is 91.0 Å². The van der Waals surface area contributed by atoms with Crippen LogP contribution in [0.15, 0.2) is 115 Å². The van der Waals surface area contributed by atoms with Gasteiger partial charge in [0.2, 0.25) is 0 Å². The molecule has 1 heterocycles. The van der Waals surface area contributed by atoms with Gasteiger partial charge in [0.05, 0.1) is 6.04 Å². The van der Waals surface area contributed by atoms with E-state index in [4.69, 9.17) is 4.74 Å². The molecule has 0 radical (unpaired) electrons. The quantitative estimate of drug-likeness (QED) is 0.226. The van der Waals surface area contributed by atoms with Gasteiger partial charge in [-0.15, -0.1) is 0 Å². The number of carbonyl (C=O) groups excluding carboxylic acids is 1. The number of ether oxygens (including phenoxy) is 1. The average Bonchev–Trinajstić information content (AvgIpc) is 3.00. The summed E-state index contributed by atoms with van der Waals surface area (Å²) in [7, 11) is 0. The molecule has 4 aromatic carbocycles. The normalized spacial score (nSPS) is 15.7. The molecule has 5 rings (SSSR count). The molecular weight excluding hydrogens is 519 g/mol. The molecule has 41 heavy (non-hydrogen) atoms. The maximum Gasteiger partial charge on any atom is 0.351 e. The highest BCUT2D eigenvalue weighted by atomic mass is 19.1. The Morgan fingerprint density at radius 1 is 0.829 bits per heavy atom. The number of amides is 1. The summed E-state index contributed by atoms with van der Waals surface area (Å²) < 4.78 is 21.6. The molecule has 1 aliphatic heterocycles. The summed E-state index contributed by atoms with van der Waals surface area (Å²) in [6.45, 7) is 1.75. The van der Waals surface area contributed by atoms with Gasteiger partial charge in [-0.25, -0.2) is 9.18 Å². The molecule has 1 aliphatic rings. The zero-order valence-electron chi connectivity index (χ0n) is 22.7.